The van der Waals surface area contributed by atoms with E-state index in [-0.39, 0.29) is 33.3 Å². The summed E-state index contributed by atoms with van der Waals surface area (Å²) in [5.41, 5.74) is 0. The first-order valence-corrected chi connectivity index (χ1v) is 7.67. The van der Waals surface area contributed by atoms with Gasteiger partial charge in [0.15, 0.2) is 0 Å². The first-order valence-electron chi connectivity index (χ1n) is 5.48. The maximum atomic E-state index is 4.05. The summed E-state index contributed by atoms with van der Waals surface area (Å²) in [6.45, 7) is 0. The zero-order chi connectivity index (χ0) is 12.8. The maximum Gasteiger partial charge on any atom is 4.00 e. The van der Waals surface area contributed by atoms with Gasteiger partial charge in [-0.15, -0.1) is 0 Å². The molecule has 2 atom stereocenters. The third-order valence-electron chi connectivity index (χ3n) is 1.98. The second kappa shape index (κ2) is 23.9. The van der Waals surface area contributed by atoms with E-state index < -0.39 is 0 Å². The van der Waals surface area contributed by atoms with Crippen LogP contribution in [0.15, 0.2) is 0 Å². The molecule has 0 heterocycles. The van der Waals surface area contributed by atoms with Crippen LogP contribution in [0.5, 0.6) is 0 Å². The largest absolute Gasteiger partial charge is 4.00 e. The number of hydrogen-bond donors (Lipinski definition) is 0. The Labute approximate surface area is 152 Å². The third kappa shape index (κ3) is 20.2. The number of rotatable bonds is 3. The molecule has 0 N–H and O–H groups in total. The first kappa shape index (κ1) is 28.1. The van der Waals surface area contributed by atoms with Crippen LogP contribution in [0.25, 0.3) is 15.4 Å². The van der Waals surface area contributed by atoms with Crippen LogP contribution in [0.1, 0.15) is 19.3 Å². The van der Waals surface area contributed by atoms with Crippen molar-refractivity contribution >= 4 is 34.5 Å². The van der Waals surface area contributed by atoms with Gasteiger partial charge in [-0.1, -0.05) is 29.0 Å². The van der Waals surface area contributed by atoms with Crippen molar-refractivity contribution in [2.45, 2.75) is 23.2 Å². The van der Waals surface area contributed by atoms with Gasteiger partial charge in [0.25, 0.3) is 0 Å². The molecule has 1 aliphatic carbocycles. The Bertz CT molecular complexity index is 132. The minimum Gasteiger partial charge on any atom is -0.668 e. The summed E-state index contributed by atoms with van der Waals surface area (Å²) in [5.74, 6) is 2.18. The first-order chi connectivity index (χ1) is 7.67. The van der Waals surface area contributed by atoms with Gasteiger partial charge in [0, 0.05) is 3.92 Å². The summed E-state index contributed by atoms with van der Waals surface area (Å²) in [6.07, 6.45) is 4.29. The van der Waals surface area contributed by atoms with E-state index in [2.05, 4.69) is 37.9 Å². The van der Waals surface area contributed by atoms with Crippen molar-refractivity contribution < 1.29 is 25.8 Å². The molecular weight excluding hydrogens is 524 g/mol. The molecule has 0 radical (unpaired) electrons. The minimum absolute atomic E-state index is 0. The van der Waals surface area contributed by atoms with Crippen molar-refractivity contribution in [3.05, 3.63) is 22.8 Å². The maximum absolute atomic E-state index is 4.05. The van der Waals surface area contributed by atoms with E-state index in [4.69, 9.17) is 0 Å². The molecule has 1 saturated carbocycles. The van der Waals surface area contributed by atoms with E-state index in [1.807, 2.05) is 7.05 Å². The molecule has 3 nitrogen and oxygen atoms in total. The zero-order valence-corrected chi connectivity index (χ0v) is 19.2. The topological polar surface area (TPSA) is 42.3 Å². The average Bonchev–Trinajstić information content (AvgIpc) is 2.63. The number of alkyl halides is 1. The van der Waals surface area contributed by atoms with Gasteiger partial charge < -0.3 is 22.8 Å². The van der Waals surface area contributed by atoms with E-state index in [1.165, 1.54) is 25.0 Å². The Morgan fingerprint density at radius 3 is 1.78 bits per heavy atom. The van der Waals surface area contributed by atoms with Gasteiger partial charge >= 0.3 is 25.8 Å². The molecule has 0 aromatic rings. The minimum atomic E-state index is 0. The monoisotopic (exact) mass is 553 g/mol. The predicted molar refractivity (Wildman–Crippen MR) is 93.7 cm³/mol. The predicted octanol–water partition coefficient (Wildman–Crippen LogP) is 4.93. The molecule has 0 aliphatic heterocycles. The molecule has 0 aromatic heterocycles. The Morgan fingerprint density at radius 1 is 1.06 bits per heavy atom. The van der Waals surface area contributed by atoms with Crippen LogP contribution in [0.2, 0.25) is 0 Å². The summed E-state index contributed by atoms with van der Waals surface area (Å²) < 4.78 is 4.97. The normalized spacial score (nSPS) is 20.3. The van der Waals surface area contributed by atoms with Gasteiger partial charge in [-0.25, -0.2) is 0 Å². The van der Waals surface area contributed by atoms with Crippen LogP contribution in [-0.4, -0.2) is 44.9 Å². The summed E-state index contributed by atoms with van der Waals surface area (Å²) >= 11 is 4.31. The molecule has 0 saturated heterocycles. The van der Waals surface area contributed by atoms with Crippen LogP contribution in [-0.2, 0) is 25.8 Å². The smallest absolute Gasteiger partial charge is 0.668 e. The van der Waals surface area contributed by atoms with E-state index >= 15 is 0 Å². The van der Waals surface area contributed by atoms with Crippen LogP contribution in [0, 0.1) is 13.3 Å². The Balaban J connectivity index is -0.000000106. The number of halogens is 1. The molecule has 1 aliphatic rings. The third-order valence-corrected chi connectivity index (χ3v) is 4.46. The molecule has 0 spiro atoms. The van der Waals surface area contributed by atoms with Gasteiger partial charge in [-0.05, 0) is 24.5 Å². The molecule has 1 rings (SSSR count). The quantitative estimate of drug-likeness (QED) is 0.161. The second-order valence-electron chi connectivity index (χ2n) is 3.58. The SMILES string of the molecule is C[N-]C.C[N-]C.C[N-]SCC1CCCC1I.[CH3-].[Hf+4]. The Kier molecular flexibility index (Phi) is 37.2. The van der Waals surface area contributed by atoms with E-state index in [9.17, 15) is 0 Å². The van der Waals surface area contributed by atoms with Gasteiger partial charge in [0.05, 0.1) is 0 Å². The summed E-state index contributed by atoms with van der Waals surface area (Å²) in [6, 6.07) is 0. The molecule has 6 heteroatoms. The van der Waals surface area contributed by atoms with Gasteiger partial charge in [0.1, 0.15) is 0 Å². The van der Waals surface area contributed by atoms with Crippen LogP contribution >= 0.6 is 34.5 Å². The van der Waals surface area contributed by atoms with Crippen molar-refractivity contribution in [3.8, 4) is 0 Å². The molecule has 1 fully saturated rings. The van der Waals surface area contributed by atoms with Crippen molar-refractivity contribution in [1.82, 2.24) is 0 Å². The molecule has 18 heavy (non-hydrogen) atoms. The van der Waals surface area contributed by atoms with Gasteiger partial charge in [-0.2, -0.15) is 35.2 Å². The molecular formula is C12H28HfIN3S. The Morgan fingerprint density at radius 2 is 1.50 bits per heavy atom. The van der Waals surface area contributed by atoms with Crippen LogP contribution in [0.4, 0.5) is 0 Å². The van der Waals surface area contributed by atoms with Crippen molar-refractivity contribution in [2.24, 2.45) is 5.92 Å². The fraction of sp³-hybridized carbons (Fsp3) is 0.917. The molecule has 2 unspecified atom stereocenters. The van der Waals surface area contributed by atoms with Gasteiger partial charge in [0.2, 0.25) is 0 Å². The summed E-state index contributed by atoms with van der Waals surface area (Å²) in [4.78, 5) is 0. The fourth-order valence-corrected chi connectivity index (χ4v) is 3.49. The van der Waals surface area contributed by atoms with Crippen LogP contribution < -0.4 is 0 Å². The fourth-order valence-electron chi connectivity index (χ4n) is 1.35. The van der Waals surface area contributed by atoms with Gasteiger partial charge in [-0.3, -0.25) is 11.9 Å². The molecule has 108 valence electrons. The summed E-state index contributed by atoms with van der Waals surface area (Å²) in [7, 11) is 8.88. The Hall–Kier alpha value is 1.83. The zero-order valence-electron chi connectivity index (χ0n) is 12.6. The van der Waals surface area contributed by atoms with Crippen molar-refractivity contribution in [2.75, 3.05) is 41.0 Å². The second-order valence-corrected chi connectivity index (χ2v) is 6.14. The number of nitrogens with zero attached hydrogens (tertiary/aromatic N) is 3. The standard InChI is InChI=1S/C7H13INS.2C2H6N.CH3.Hf/c1-9-10-5-6-3-2-4-7(6)8;2*1-3-2;;/h6-7H,2-5H2,1H3;2*1-2H3;1H3;/q4*-1;+4. The summed E-state index contributed by atoms with van der Waals surface area (Å²) in [5, 5.41) is 7.00. The van der Waals surface area contributed by atoms with E-state index in [0.29, 0.717) is 0 Å². The van der Waals surface area contributed by atoms with Crippen molar-refractivity contribution in [1.29, 1.82) is 0 Å². The average molecular weight is 552 g/mol. The molecule has 0 bridgehead atoms. The van der Waals surface area contributed by atoms with Crippen molar-refractivity contribution in [3.63, 3.8) is 0 Å². The molecule has 0 aromatic carbocycles. The number of hydrogen-bond acceptors (Lipinski definition) is 1. The van der Waals surface area contributed by atoms with Crippen LogP contribution in [0.3, 0.4) is 0 Å². The molecule has 0 amide bonds. The van der Waals surface area contributed by atoms with E-state index in [1.54, 1.807) is 40.1 Å². The van der Waals surface area contributed by atoms with E-state index in [0.717, 1.165) is 9.84 Å².